The summed E-state index contributed by atoms with van der Waals surface area (Å²) < 4.78 is 0. The number of aromatic nitrogens is 2. The Kier molecular flexibility index (Phi) is 4.14. The number of carbonyl (C=O) groups is 1. The summed E-state index contributed by atoms with van der Waals surface area (Å²) in [4.78, 5) is 18.7. The summed E-state index contributed by atoms with van der Waals surface area (Å²) in [6, 6.07) is 0. The van der Waals surface area contributed by atoms with Gasteiger partial charge in [0.2, 0.25) is 0 Å². The number of thioether (sulfide) groups is 1. The molecule has 0 saturated heterocycles. The van der Waals surface area contributed by atoms with Gasteiger partial charge in [0, 0.05) is 13.1 Å². The quantitative estimate of drug-likeness (QED) is 0.652. The third-order valence-electron chi connectivity index (χ3n) is 1.32. The lowest BCUT2D eigenvalue weighted by atomic mass is 10.4. The molecule has 0 spiro atoms. The van der Waals surface area contributed by atoms with Crippen LogP contribution >= 0.6 is 11.8 Å². The van der Waals surface area contributed by atoms with Gasteiger partial charge in [-0.05, 0) is 12.8 Å². The van der Waals surface area contributed by atoms with Crippen molar-refractivity contribution in [3.63, 3.8) is 0 Å². The van der Waals surface area contributed by atoms with Crippen LogP contribution < -0.4 is 0 Å². The first kappa shape index (κ1) is 10.7. The monoisotopic (exact) mass is 206 g/mol. The summed E-state index contributed by atoms with van der Waals surface area (Å²) in [5.74, 6) is 6.20. The number of nitrogens with zero attached hydrogens (tertiary/aromatic N) is 2. The van der Waals surface area contributed by atoms with Gasteiger partial charge in [-0.3, -0.25) is 9.78 Å². The highest BCUT2D eigenvalue weighted by molar-refractivity contribution is 8.13. The topological polar surface area (TPSA) is 42.9 Å². The van der Waals surface area contributed by atoms with E-state index in [2.05, 4.69) is 21.8 Å². The molecule has 0 bridgehead atoms. The van der Waals surface area contributed by atoms with Crippen molar-refractivity contribution in [2.24, 2.45) is 0 Å². The number of hydrogen-bond acceptors (Lipinski definition) is 4. The zero-order chi connectivity index (χ0) is 10.4. The van der Waals surface area contributed by atoms with Crippen LogP contribution in [-0.2, 0) is 4.79 Å². The van der Waals surface area contributed by atoms with E-state index in [0.29, 0.717) is 11.4 Å². The largest absolute Gasteiger partial charge is 0.288 e. The van der Waals surface area contributed by atoms with E-state index in [1.54, 1.807) is 12.4 Å². The molecule has 0 radical (unpaired) electrons. The van der Waals surface area contributed by atoms with Crippen LogP contribution in [0.25, 0.3) is 0 Å². The van der Waals surface area contributed by atoms with Crippen molar-refractivity contribution in [2.75, 3.05) is 5.75 Å². The molecule has 1 rings (SSSR count). The van der Waals surface area contributed by atoms with Gasteiger partial charge in [-0.25, -0.2) is 4.98 Å². The van der Waals surface area contributed by atoms with Gasteiger partial charge in [0.1, 0.15) is 5.69 Å². The second-order valence-electron chi connectivity index (χ2n) is 2.63. The van der Waals surface area contributed by atoms with Crippen LogP contribution in [0.1, 0.15) is 18.3 Å². The molecule has 0 aliphatic rings. The predicted octanol–water partition coefficient (Wildman–Crippen LogP) is 1.42. The van der Waals surface area contributed by atoms with Gasteiger partial charge in [0.15, 0.2) is 5.12 Å². The molecule has 0 unspecified atom stereocenters. The van der Waals surface area contributed by atoms with Crippen molar-refractivity contribution < 1.29 is 4.79 Å². The van der Waals surface area contributed by atoms with Crippen LogP contribution in [0.3, 0.4) is 0 Å². The molecule has 0 aromatic carbocycles. The number of hydrogen-bond donors (Lipinski definition) is 0. The Balaban J connectivity index is 2.55. The van der Waals surface area contributed by atoms with E-state index in [9.17, 15) is 4.79 Å². The van der Waals surface area contributed by atoms with E-state index in [-0.39, 0.29) is 5.12 Å². The zero-order valence-electron chi connectivity index (χ0n) is 8.07. The van der Waals surface area contributed by atoms with Crippen molar-refractivity contribution in [3.8, 4) is 11.8 Å². The standard InChI is InChI=1S/C10H10N2OS/c1-8-6-11-7-10(12-8)4-3-5-14-9(2)13/h6-7H,5H2,1-2H3. The molecule has 0 atom stereocenters. The number of aryl methyl sites for hydroxylation is 1. The van der Waals surface area contributed by atoms with Gasteiger partial charge in [-0.15, -0.1) is 0 Å². The SMILES string of the molecule is CC(=O)SCC#Cc1cncc(C)n1. The molecule has 1 aromatic rings. The molecule has 0 N–H and O–H groups in total. The smallest absolute Gasteiger partial charge is 0.186 e. The van der Waals surface area contributed by atoms with Crippen molar-refractivity contribution in [1.29, 1.82) is 0 Å². The van der Waals surface area contributed by atoms with E-state index in [0.717, 1.165) is 5.69 Å². The minimum Gasteiger partial charge on any atom is -0.288 e. The predicted molar refractivity (Wildman–Crippen MR) is 56.8 cm³/mol. The Labute approximate surface area is 87.3 Å². The van der Waals surface area contributed by atoms with Crippen molar-refractivity contribution >= 4 is 16.9 Å². The Bertz CT molecular complexity index is 393. The maximum Gasteiger partial charge on any atom is 0.186 e. The first-order valence-corrected chi connectivity index (χ1v) is 5.08. The first-order valence-electron chi connectivity index (χ1n) is 4.09. The zero-order valence-corrected chi connectivity index (χ0v) is 8.89. The van der Waals surface area contributed by atoms with Crippen LogP contribution in [0.2, 0.25) is 0 Å². The van der Waals surface area contributed by atoms with Gasteiger partial charge in [-0.1, -0.05) is 17.7 Å². The summed E-state index contributed by atoms with van der Waals surface area (Å²) in [7, 11) is 0. The maximum atomic E-state index is 10.6. The van der Waals surface area contributed by atoms with E-state index in [1.165, 1.54) is 18.7 Å². The molecule has 0 amide bonds. The number of rotatable bonds is 1. The highest BCUT2D eigenvalue weighted by atomic mass is 32.2. The normalized spacial score (nSPS) is 9.00. The van der Waals surface area contributed by atoms with Crippen molar-refractivity contribution in [3.05, 3.63) is 23.8 Å². The lowest BCUT2D eigenvalue weighted by Crippen LogP contribution is -1.88. The molecule has 72 valence electrons. The highest BCUT2D eigenvalue weighted by Crippen LogP contribution is 1.98. The average molecular weight is 206 g/mol. The highest BCUT2D eigenvalue weighted by Gasteiger charge is 1.91. The fourth-order valence-electron chi connectivity index (χ4n) is 0.788. The summed E-state index contributed by atoms with van der Waals surface area (Å²) in [5.41, 5.74) is 1.49. The molecule has 0 aliphatic heterocycles. The fourth-order valence-corrected chi connectivity index (χ4v) is 1.14. The van der Waals surface area contributed by atoms with Gasteiger partial charge >= 0.3 is 0 Å². The van der Waals surface area contributed by atoms with E-state index < -0.39 is 0 Å². The van der Waals surface area contributed by atoms with E-state index >= 15 is 0 Å². The lowest BCUT2D eigenvalue weighted by molar-refractivity contribution is -0.109. The molecule has 1 aromatic heterocycles. The summed E-state index contributed by atoms with van der Waals surface area (Å²) in [6.45, 7) is 3.39. The summed E-state index contributed by atoms with van der Waals surface area (Å²) in [5, 5.41) is 0.0784. The van der Waals surface area contributed by atoms with Gasteiger partial charge in [0.25, 0.3) is 0 Å². The number of carbonyl (C=O) groups excluding carboxylic acids is 1. The van der Waals surface area contributed by atoms with E-state index in [1.807, 2.05) is 6.92 Å². The lowest BCUT2D eigenvalue weighted by Gasteiger charge is -1.90. The second kappa shape index (κ2) is 5.40. The second-order valence-corrected chi connectivity index (χ2v) is 3.78. The Hall–Kier alpha value is -1.34. The van der Waals surface area contributed by atoms with E-state index in [4.69, 9.17) is 0 Å². The van der Waals surface area contributed by atoms with Crippen molar-refractivity contribution in [1.82, 2.24) is 9.97 Å². The molecule has 0 fully saturated rings. The van der Waals surface area contributed by atoms with Crippen LogP contribution in [-0.4, -0.2) is 20.8 Å². The van der Waals surface area contributed by atoms with Crippen LogP contribution in [0, 0.1) is 18.8 Å². The van der Waals surface area contributed by atoms with Gasteiger partial charge in [0.05, 0.1) is 17.6 Å². The molecule has 0 aliphatic carbocycles. The summed E-state index contributed by atoms with van der Waals surface area (Å²) >= 11 is 1.19. The van der Waals surface area contributed by atoms with Crippen LogP contribution in [0.15, 0.2) is 12.4 Å². The maximum absolute atomic E-state index is 10.6. The van der Waals surface area contributed by atoms with Gasteiger partial charge < -0.3 is 0 Å². The Morgan fingerprint density at radius 3 is 3.00 bits per heavy atom. The van der Waals surface area contributed by atoms with Crippen LogP contribution in [0.5, 0.6) is 0 Å². The molecule has 4 heteroatoms. The fraction of sp³-hybridized carbons (Fsp3) is 0.300. The molecular weight excluding hydrogens is 196 g/mol. The Morgan fingerprint density at radius 2 is 2.36 bits per heavy atom. The van der Waals surface area contributed by atoms with Crippen molar-refractivity contribution in [2.45, 2.75) is 13.8 Å². The minimum absolute atomic E-state index is 0.0784. The third-order valence-corrected chi connectivity index (χ3v) is 2.01. The third kappa shape index (κ3) is 4.06. The van der Waals surface area contributed by atoms with Gasteiger partial charge in [-0.2, -0.15) is 0 Å². The Morgan fingerprint density at radius 1 is 1.57 bits per heavy atom. The molecule has 14 heavy (non-hydrogen) atoms. The molecule has 1 heterocycles. The van der Waals surface area contributed by atoms with Crippen LogP contribution in [0.4, 0.5) is 0 Å². The average Bonchev–Trinajstić information content (AvgIpc) is 2.12. The minimum atomic E-state index is 0.0784. The molecule has 3 nitrogen and oxygen atoms in total. The first-order chi connectivity index (χ1) is 6.68. The summed E-state index contributed by atoms with van der Waals surface area (Å²) in [6.07, 6.45) is 3.29. The molecular formula is C10H10N2OS. The molecule has 0 saturated carbocycles.